The van der Waals surface area contributed by atoms with Crippen LogP contribution >= 0.6 is 0 Å². The van der Waals surface area contributed by atoms with Crippen LogP contribution in [0.25, 0.3) is 0 Å². The van der Waals surface area contributed by atoms with Crippen molar-refractivity contribution in [3.8, 4) is 0 Å². The fourth-order valence-electron chi connectivity index (χ4n) is 1.90. The molecule has 4 heteroatoms. The number of rotatable bonds is 8. The van der Waals surface area contributed by atoms with Crippen LogP contribution in [0.3, 0.4) is 0 Å². The highest BCUT2D eigenvalue weighted by Crippen LogP contribution is 2.34. The number of hydrogen-bond acceptors (Lipinski definition) is 3. The molecule has 1 unspecified atom stereocenters. The standard InChI is InChI=1S/C11H23NO2S/c1-3-8-12-11(10-6-7-10)5-4-9-15(2,13)14/h10-12H,3-9H2,1-2H3. The SMILES string of the molecule is CCCNC(CCCS(C)(=O)=O)C1CC1. The van der Waals surface area contributed by atoms with Crippen molar-refractivity contribution in [2.45, 2.75) is 45.1 Å². The lowest BCUT2D eigenvalue weighted by molar-refractivity contribution is 0.431. The Kier molecular flexibility index (Phi) is 5.06. The van der Waals surface area contributed by atoms with Crippen molar-refractivity contribution in [1.82, 2.24) is 5.32 Å². The Labute approximate surface area is 93.6 Å². The van der Waals surface area contributed by atoms with Crippen molar-refractivity contribution in [3.63, 3.8) is 0 Å². The van der Waals surface area contributed by atoms with Crippen LogP contribution in [0.4, 0.5) is 0 Å². The Balaban J connectivity index is 2.19. The molecule has 3 nitrogen and oxygen atoms in total. The first-order valence-corrected chi connectivity index (χ1v) is 8.00. The molecule has 0 aromatic rings. The summed E-state index contributed by atoms with van der Waals surface area (Å²) in [6.07, 6.45) is 6.92. The predicted octanol–water partition coefficient (Wildman–Crippen LogP) is 1.59. The molecule has 0 aliphatic heterocycles. The van der Waals surface area contributed by atoms with E-state index in [4.69, 9.17) is 0 Å². The smallest absolute Gasteiger partial charge is 0.147 e. The van der Waals surface area contributed by atoms with Gasteiger partial charge in [-0.15, -0.1) is 0 Å². The highest BCUT2D eigenvalue weighted by molar-refractivity contribution is 7.90. The Morgan fingerprint density at radius 1 is 1.40 bits per heavy atom. The molecule has 0 bridgehead atoms. The van der Waals surface area contributed by atoms with E-state index in [9.17, 15) is 8.42 Å². The van der Waals surface area contributed by atoms with E-state index in [2.05, 4.69) is 12.2 Å². The summed E-state index contributed by atoms with van der Waals surface area (Å²) in [4.78, 5) is 0. The van der Waals surface area contributed by atoms with Crippen molar-refractivity contribution in [2.75, 3.05) is 18.6 Å². The maximum Gasteiger partial charge on any atom is 0.147 e. The van der Waals surface area contributed by atoms with Gasteiger partial charge in [-0.3, -0.25) is 0 Å². The monoisotopic (exact) mass is 233 g/mol. The first-order chi connectivity index (χ1) is 7.03. The largest absolute Gasteiger partial charge is 0.314 e. The molecule has 15 heavy (non-hydrogen) atoms. The molecular weight excluding hydrogens is 210 g/mol. The van der Waals surface area contributed by atoms with Gasteiger partial charge in [-0.2, -0.15) is 0 Å². The second-order valence-corrected chi connectivity index (χ2v) is 6.93. The molecule has 0 aromatic heterocycles. The normalized spacial score (nSPS) is 19.1. The van der Waals surface area contributed by atoms with E-state index in [-0.39, 0.29) is 0 Å². The van der Waals surface area contributed by atoms with E-state index < -0.39 is 9.84 Å². The molecule has 1 rings (SSSR count). The minimum absolute atomic E-state index is 0.337. The van der Waals surface area contributed by atoms with Crippen LogP contribution in [0, 0.1) is 5.92 Å². The highest BCUT2D eigenvalue weighted by atomic mass is 32.2. The summed E-state index contributed by atoms with van der Waals surface area (Å²) in [5, 5.41) is 3.52. The van der Waals surface area contributed by atoms with Gasteiger partial charge in [0.25, 0.3) is 0 Å². The van der Waals surface area contributed by atoms with Crippen LogP contribution in [-0.4, -0.2) is 33.0 Å². The molecule has 1 aliphatic carbocycles. The summed E-state index contributed by atoms with van der Waals surface area (Å²) in [6, 6.07) is 0.562. The zero-order valence-electron chi connectivity index (χ0n) is 9.83. The molecule has 0 saturated heterocycles. The number of nitrogens with one attached hydrogen (secondary N) is 1. The van der Waals surface area contributed by atoms with E-state index >= 15 is 0 Å². The second kappa shape index (κ2) is 5.85. The van der Waals surface area contributed by atoms with Gasteiger partial charge in [0.15, 0.2) is 0 Å². The number of sulfone groups is 1. The lowest BCUT2D eigenvalue weighted by atomic mass is 10.1. The second-order valence-electron chi connectivity index (χ2n) is 4.67. The van der Waals surface area contributed by atoms with E-state index in [1.165, 1.54) is 19.1 Å². The fraction of sp³-hybridized carbons (Fsp3) is 1.00. The Bertz CT molecular complexity index is 270. The van der Waals surface area contributed by atoms with Gasteiger partial charge in [-0.05, 0) is 44.6 Å². The third-order valence-corrected chi connectivity index (χ3v) is 3.91. The van der Waals surface area contributed by atoms with Crippen LogP contribution in [0.2, 0.25) is 0 Å². The predicted molar refractivity (Wildman–Crippen MR) is 63.8 cm³/mol. The van der Waals surface area contributed by atoms with Gasteiger partial charge in [0.1, 0.15) is 9.84 Å². The van der Waals surface area contributed by atoms with Gasteiger partial charge in [-0.25, -0.2) is 8.42 Å². The Morgan fingerprint density at radius 3 is 2.53 bits per heavy atom. The Morgan fingerprint density at radius 2 is 2.07 bits per heavy atom. The maximum absolute atomic E-state index is 11.0. The minimum atomic E-state index is -2.77. The first kappa shape index (κ1) is 13.0. The zero-order chi connectivity index (χ0) is 11.3. The van der Waals surface area contributed by atoms with E-state index in [0.29, 0.717) is 11.8 Å². The molecule has 1 saturated carbocycles. The molecular formula is C11H23NO2S. The van der Waals surface area contributed by atoms with Crippen LogP contribution in [-0.2, 0) is 9.84 Å². The van der Waals surface area contributed by atoms with Crippen LogP contribution in [0.1, 0.15) is 39.0 Å². The third-order valence-electron chi connectivity index (χ3n) is 2.88. The van der Waals surface area contributed by atoms with Gasteiger partial charge in [0.05, 0.1) is 0 Å². The summed E-state index contributed by atoms with van der Waals surface area (Å²) in [5.74, 6) is 1.15. The van der Waals surface area contributed by atoms with Gasteiger partial charge >= 0.3 is 0 Å². The molecule has 1 N–H and O–H groups in total. The first-order valence-electron chi connectivity index (χ1n) is 5.94. The molecule has 0 amide bonds. The molecule has 0 spiro atoms. The topological polar surface area (TPSA) is 46.2 Å². The molecule has 0 heterocycles. The average molecular weight is 233 g/mol. The van der Waals surface area contributed by atoms with Gasteiger partial charge < -0.3 is 5.32 Å². The average Bonchev–Trinajstić information content (AvgIpc) is 2.92. The maximum atomic E-state index is 11.0. The van der Waals surface area contributed by atoms with Crippen molar-refractivity contribution in [2.24, 2.45) is 5.92 Å². The van der Waals surface area contributed by atoms with Crippen molar-refractivity contribution < 1.29 is 8.42 Å². The molecule has 0 radical (unpaired) electrons. The summed E-state index contributed by atoms with van der Waals surface area (Å²) >= 11 is 0. The third kappa shape index (κ3) is 6.15. The summed E-state index contributed by atoms with van der Waals surface area (Å²) in [7, 11) is -2.77. The fourth-order valence-corrected chi connectivity index (χ4v) is 2.59. The van der Waals surface area contributed by atoms with Crippen LogP contribution < -0.4 is 5.32 Å². The van der Waals surface area contributed by atoms with Crippen LogP contribution in [0.5, 0.6) is 0 Å². The molecule has 1 fully saturated rings. The summed E-state index contributed by atoms with van der Waals surface area (Å²) in [5.41, 5.74) is 0. The van der Waals surface area contributed by atoms with E-state index in [1.807, 2.05) is 0 Å². The van der Waals surface area contributed by atoms with Crippen LogP contribution in [0.15, 0.2) is 0 Å². The quantitative estimate of drug-likeness (QED) is 0.692. The van der Waals surface area contributed by atoms with E-state index in [1.54, 1.807) is 0 Å². The highest BCUT2D eigenvalue weighted by Gasteiger charge is 2.30. The minimum Gasteiger partial charge on any atom is -0.314 e. The van der Waals surface area contributed by atoms with Crippen molar-refractivity contribution >= 4 is 9.84 Å². The lowest BCUT2D eigenvalue weighted by Crippen LogP contribution is -2.32. The molecule has 0 aromatic carbocycles. The van der Waals surface area contributed by atoms with E-state index in [0.717, 1.165) is 31.7 Å². The molecule has 1 atom stereocenters. The van der Waals surface area contributed by atoms with Gasteiger partial charge in [-0.1, -0.05) is 6.92 Å². The van der Waals surface area contributed by atoms with Crippen molar-refractivity contribution in [3.05, 3.63) is 0 Å². The summed E-state index contributed by atoms with van der Waals surface area (Å²) < 4.78 is 22.0. The van der Waals surface area contributed by atoms with Gasteiger partial charge in [0.2, 0.25) is 0 Å². The Hall–Kier alpha value is -0.0900. The van der Waals surface area contributed by atoms with Gasteiger partial charge in [0, 0.05) is 18.1 Å². The molecule has 90 valence electrons. The zero-order valence-corrected chi connectivity index (χ0v) is 10.6. The van der Waals surface area contributed by atoms with Crippen molar-refractivity contribution in [1.29, 1.82) is 0 Å². The summed E-state index contributed by atoms with van der Waals surface area (Å²) in [6.45, 7) is 3.22. The number of hydrogen-bond donors (Lipinski definition) is 1. The lowest BCUT2D eigenvalue weighted by Gasteiger charge is -2.17. The molecule has 1 aliphatic rings.